The number of esters is 1. The predicted octanol–water partition coefficient (Wildman–Crippen LogP) is 5.77. The van der Waals surface area contributed by atoms with Crippen LogP contribution in [0.3, 0.4) is 0 Å². The summed E-state index contributed by atoms with van der Waals surface area (Å²) in [5.41, 5.74) is 3.43. The van der Waals surface area contributed by atoms with Crippen molar-refractivity contribution >= 4 is 51.4 Å². The van der Waals surface area contributed by atoms with Gasteiger partial charge < -0.3 is 10.1 Å². The molecule has 0 bridgehead atoms. The molecule has 0 spiro atoms. The van der Waals surface area contributed by atoms with E-state index in [-0.39, 0.29) is 6.61 Å². The monoisotopic (exact) mass is 374 g/mol. The van der Waals surface area contributed by atoms with Gasteiger partial charge in [-0.1, -0.05) is 40.9 Å². The third-order valence-electron chi connectivity index (χ3n) is 3.71. The van der Waals surface area contributed by atoms with Crippen molar-refractivity contribution in [1.29, 1.82) is 0 Å². The maximum absolute atomic E-state index is 12.4. The Hall–Kier alpha value is -2.30. The molecule has 0 amide bonds. The van der Waals surface area contributed by atoms with Gasteiger partial charge in [0.15, 0.2) is 0 Å². The molecule has 128 valence electrons. The molecular formula is C19H16Cl2N2O2. The minimum atomic E-state index is -0.456. The molecule has 25 heavy (non-hydrogen) atoms. The number of hydrogen-bond donors (Lipinski definition) is 1. The number of aromatic nitrogens is 1. The average molecular weight is 375 g/mol. The Morgan fingerprint density at radius 1 is 1.20 bits per heavy atom. The molecule has 2 aromatic carbocycles. The maximum atomic E-state index is 12.4. The van der Waals surface area contributed by atoms with Crippen LogP contribution in [-0.2, 0) is 4.74 Å². The van der Waals surface area contributed by atoms with E-state index in [0.717, 1.165) is 11.3 Å². The zero-order chi connectivity index (χ0) is 18.0. The number of halogens is 2. The van der Waals surface area contributed by atoms with Gasteiger partial charge in [0.1, 0.15) is 5.56 Å². The number of anilines is 2. The van der Waals surface area contributed by atoms with Crippen molar-refractivity contribution in [2.45, 2.75) is 13.8 Å². The second-order valence-electron chi connectivity index (χ2n) is 5.54. The van der Waals surface area contributed by atoms with Crippen LogP contribution in [0.1, 0.15) is 22.8 Å². The molecule has 0 fully saturated rings. The molecule has 3 rings (SSSR count). The third kappa shape index (κ3) is 3.70. The van der Waals surface area contributed by atoms with Crippen molar-refractivity contribution in [2.24, 2.45) is 0 Å². The summed E-state index contributed by atoms with van der Waals surface area (Å²) < 4.78 is 5.15. The lowest BCUT2D eigenvalue weighted by molar-refractivity contribution is 0.0527. The molecule has 4 nitrogen and oxygen atoms in total. The van der Waals surface area contributed by atoms with E-state index < -0.39 is 5.97 Å². The Morgan fingerprint density at radius 2 is 1.92 bits per heavy atom. The van der Waals surface area contributed by atoms with Crippen molar-refractivity contribution < 1.29 is 9.53 Å². The van der Waals surface area contributed by atoms with Crippen molar-refractivity contribution in [3.05, 3.63) is 63.8 Å². The topological polar surface area (TPSA) is 51.2 Å². The Balaban J connectivity index is 2.21. The van der Waals surface area contributed by atoms with E-state index in [1.165, 1.54) is 6.20 Å². The van der Waals surface area contributed by atoms with E-state index >= 15 is 0 Å². The molecule has 0 unspecified atom stereocenters. The molecular weight excluding hydrogens is 359 g/mol. The lowest BCUT2D eigenvalue weighted by Gasteiger charge is -2.15. The summed E-state index contributed by atoms with van der Waals surface area (Å²) in [7, 11) is 0. The number of carbonyl (C=O) groups excluding carboxylic acids is 1. The predicted molar refractivity (Wildman–Crippen MR) is 102 cm³/mol. The summed E-state index contributed by atoms with van der Waals surface area (Å²) in [5.74, 6) is -0.456. The van der Waals surface area contributed by atoms with Gasteiger partial charge in [-0.2, -0.15) is 0 Å². The second kappa shape index (κ2) is 7.30. The van der Waals surface area contributed by atoms with Crippen LogP contribution in [0.2, 0.25) is 10.0 Å². The molecule has 0 saturated heterocycles. The molecule has 0 saturated carbocycles. The zero-order valence-corrected chi connectivity index (χ0v) is 15.3. The van der Waals surface area contributed by atoms with E-state index in [4.69, 9.17) is 27.9 Å². The molecule has 6 heteroatoms. The maximum Gasteiger partial charge on any atom is 0.341 e. The first-order valence-electron chi connectivity index (χ1n) is 7.78. The number of fused-ring (bicyclic) bond motifs is 1. The molecule has 0 aliphatic carbocycles. The Labute approximate surface area is 155 Å². The molecule has 1 N–H and O–H groups in total. The average Bonchev–Trinajstić information content (AvgIpc) is 2.57. The van der Waals surface area contributed by atoms with E-state index in [1.54, 1.807) is 19.1 Å². The molecule has 0 radical (unpaired) electrons. The molecule has 1 aromatic heterocycles. The summed E-state index contributed by atoms with van der Waals surface area (Å²) in [5, 5.41) is 4.82. The van der Waals surface area contributed by atoms with Crippen molar-refractivity contribution in [1.82, 2.24) is 4.98 Å². The summed E-state index contributed by atoms with van der Waals surface area (Å²) in [6.45, 7) is 4.04. The fourth-order valence-corrected chi connectivity index (χ4v) is 3.05. The highest BCUT2D eigenvalue weighted by molar-refractivity contribution is 6.38. The number of aryl methyl sites for hydroxylation is 1. The first kappa shape index (κ1) is 17.5. The number of nitrogens with one attached hydrogen (secondary N) is 1. The summed E-state index contributed by atoms with van der Waals surface area (Å²) >= 11 is 12.4. The molecule has 0 atom stereocenters. The van der Waals surface area contributed by atoms with Gasteiger partial charge in [-0.3, -0.25) is 4.98 Å². The van der Waals surface area contributed by atoms with Crippen LogP contribution in [-0.4, -0.2) is 17.6 Å². The largest absolute Gasteiger partial charge is 0.462 e. The number of benzene rings is 2. The fourth-order valence-electron chi connectivity index (χ4n) is 2.51. The van der Waals surface area contributed by atoms with E-state index in [9.17, 15) is 4.79 Å². The van der Waals surface area contributed by atoms with Gasteiger partial charge in [-0.05, 0) is 38.1 Å². The van der Waals surface area contributed by atoms with Crippen LogP contribution in [0, 0.1) is 6.92 Å². The number of rotatable bonds is 4. The van der Waals surface area contributed by atoms with Gasteiger partial charge in [0.05, 0.1) is 22.8 Å². The first-order valence-corrected chi connectivity index (χ1v) is 8.53. The van der Waals surface area contributed by atoms with Gasteiger partial charge in [-0.25, -0.2) is 4.79 Å². The molecule has 0 aliphatic rings. The van der Waals surface area contributed by atoms with Gasteiger partial charge >= 0.3 is 5.97 Å². The first-order chi connectivity index (χ1) is 12.0. The van der Waals surface area contributed by atoms with Crippen molar-refractivity contribution in [2.75, 3.05) is 11.9 Å². The highest BCUT2D eigenvalue weighted by atomic mass is 35.5. The number of hydrogen-bond acceptors (Lipinski definition) is 4. The van der Waals surface area contributed by atoms with Crippen molar-refractivity contribution in [3.63, 3.8) is 0 Å². The van der Waals surface area contributed by atoms with Crippen LogP contribution in [0.5, 0.6) is 0 Å². The van der Waals surface area contributed by atoms with Gasteiger partial charge in [-0.15, -0.1) is 0 Å². The minimum Gasteiger partial charge on any atom is -0.462 e. The van der Waals surface area contributed by atoms with Crippen LogP contribution in [0.25, 0.3) is 10.9 Å². The lowest BCUT2D eigenvalue weighted by Crippen LogP contribution is -2.09. The standard InChI is InChI=1S/C19H16Cl2N2O2/c1-3-25-19(24)15-10-22-18-14(8-12(20)9-16(18)21)17(15)23-13-6-4-11(2)5-7-13/h4-10H,3H2,1-2H3,(H,22,23). The van der Waals surface area contributed by atoms with Crippen LogP contribution < -0.4 is 5.32 Å². The normalized spacial score (nSPS) is 10.7. The van der Waals surface area contributed by atoms with Gasteiger partial charge in [0.25, 0.3) is 0 Å². The fraction of sp³-hybridized carbons (Fsp3) is 0.158. The van der Waals surface area contributed by atoms with Crippen LogP contribution >= 0.6 is 23.2 Å². The van der Waals surface area contributed by atoms with Gasteiger partial charge in [0, 0.05) is 22.3 Å². The highest BCUT2D eigenvalue weighted by Crippen LogP contribution is 2.35. The molecule has 0 aliphatic heterocycles. The Kier molecular flexibility index (Phi) is 5.11. The van der Waals surface area contributed by atoms with E-state index in [2.05, 4.69) is 10.3 Å². The number of ether oxygens (including phenoxy) is 1. The highest BCUT2D eigenvalue weighted by Gasteiger charge is 2.18. The Morgan fingerprint density at radius 3 is 2.60 bits per heavy atom. The lowest BCUT2D eigenvalue weighted by atomic mass is 10.1. The van der Waals surface area contributed by atoms with E-state index in [1.807, 2.05) is 31.2 Å². The SMILES string of the molecule is CCOC(=O)c1cnc2c(Cl)cc(Cl)cc2c1Nc1ccc(C)cc1. The molecule has 3 aromatic rings. The summed E-state index contributed by atoms with van der Waals surface area (Å²) in [4.78, 5) is 16.7. The Bertz CT molecular complexity index is 940. The quantitative estimate of drug-likeness (QED) is 0.588. The number of carbonyl (C=O) groups is 1. The zero-order valence-electron chi connectivity index (χ0n) is 13.8. The smallest absolute Gasteiger partial charge is 0.341 e. The summed E-state index contributed by atoms with van der Waals surface area (Å²) in [6, 6.07) is 11.2. The minimum absolute atomic E-state index is 0.275. The summed E-state index contributed by atoms with van der Waals surface area (Å²) in [6.07, 6.45) is 1.47. The number of pyridine rings is 1. The third-order valence-corrected chi connectivity index (χ3v) is 4.21. The second-order valence-corrected chi connectivity index (χ2v) is 6.39. The van der Waals surface area contributed by atoms with Gasteiger partial charge in [0.2, 0.25) is 0 Å². The molecule has 1 heterocycles. The van der Waals surface area contributed by atoms with Crippen LogP contribution in [0.15, 0.2) is 42.6 Å². The van der Waals surface area contributed by atoms with E-state index in [0.29, 0.717) is 32.2 Å². The van der Waals surface area contributed by atoms with Crippen LogP contribution in [0.4, 0.5) is 11.4 Å². The number of nitrogens with zero attached hydrogens (tertiary/aromatic N) is 1. The van der Waals surface area contributed by atoms with Crippen molar-refractivity contribution in [3.8, 4) is 0 Å².